The van der Waals surface area contributed by atoms with Crippen molar-refractivity contribution in [3.05, 3.63) is 107 Å². The third-order valence-corrected chi connectivity index (χ3v) is 5.85. The Morgan fingerprint density at radius 3 is 2.73 bits per heavy atom. The lowest BCUT2D eigenvalue weighted by atomic mass is 9.85. The molecule has 2 aromatic carbocycles. The summed E-state index contributed by atoms with van der Waals surface area (Å²) in [7, 11) is 0. The predicted molar refractivity (Wildman–Crippen MR) is 114 cm³/mol. The molecule has 4 aromatic rings. The summed E-state index contributed by atoms with van der Waals surface area (Å²) >= 11 is 6.62. The van der Waals surface area contributed by atoms with Crippen molar-refractivity contribution >= 4 is 23.2 Å². The van der Waals surface area contributed by atoms with Gasteiger partial charge in [0.2, 0.25) is 5.95 Å². The summed E-state index contributed by atoms with van der Waals surface area (Å²) in [4.78, 5) is 8.77. The van der Waals surface area contributed by atoms with Crippen molar-refractivity contribution in [2.45, 2.75) is 12.1 Å². The number of nitrogens with zero attached hydrogens (tertiary/aromatic N) is 4. The number of halogens is 1. The zero-order valence-electron chi connectivity index (χ0n) is 15.7. The molecule has 30 heavy (non-hydrogen) atoms. The summed E-state index contributed by atoms with van der Waals surface area (Å²) in [6.45, 7) is 0. The van der Waals surface area contributed by atoms with Gasteiger partial charge in [0.15, 0.2) is 6.10 Å². The molecule has 7 heteroatoms. The van der Waals surface area contributed by atoms with Gasteiger partial charge in [-0.05, 0) is 29.8 Å². The van der Waals surface area contributed by atoms with Crippen molar-refractivity contribution in [2.24, 2.45) is 0 Å². The number of aromatic nitrogens is 4. The molecule has 0 radical (unpaired) electrons. The quantitative estimate of drug-likeness (QED) is 0.507. The molecule has 1 N–H and O–H groups in total. The lowest BCUT2D eigenvalue weighted by Crippen LogP contribution is -2.32. The molecule has 0 spiro atoms. The second-order valence-electron chi connectivity index (χ2n) is 7.19. The smallest absolute Gasteiger partial charge is 0.226 e. The fourth-order valence-corrected chi connectivity index (χ4v) is 4.46. The predicted octanol–water partition coefficient (Wildman–Crippen LogP) is 4.89. The van der Waals surface area contributed by atoms with Gasteiger partial charge in [0.05, 0.1) is 5.70 Å². The van der Waals surface area contributed by atoms with Crippen LogP contribution in [-0.2, 0) is 0 Å². The van der Waals surface area contributed by atoms with Gasteiger partial charge >= 0.3 is 0 Å². The maximum absolute atomic E-state index is 6.62. The molecular formula is C23H16ClN5O. The molecular weight excluding hydrogens is 398 g/mol. The lowest BCUT2D eigenvalue weighted by molar-refractivity contribution is 0.223. The van der Waals surface area contributed by atoms with Gasteiger partial charge in [0, 0.05) is 34.1 Å². The molecule has 0 saturated carbocycles. The Hall–Kier alpha value is -3.64. The minimum atomic E-state index is -0.390. The zero-order valence-corrected chi connectivity index (χ0v) is 16.5. The number of hydrogen-bond donors (Lipinski definition) is 1. The molecule has 2 aliphatic rings. The molecule has 0 amide bonds. The molecule has 4 heterocycles. The maximum atomic E-state index is 6.62. The van der Waals surface area contributed by atoms with Crippen molar-refractivity contribution in [1.82, 2.24) is 19.7 Å². The molecule has 2 atom stereocenters. The molecule has 6 rings (SSSR count). The van der Waals surface area contributed by atoms with Gasteiger partial charge in [-0.3, -0.25) is 4.98 Å². The van der Waals surface area contributed by atoms with Gasteiger partial charge in [-0.2, -0.15) is 10.1 Å². The fraction of sp³-hybridized carbons (Fsp3) is 0.0870. The minimum absolute atomic E-state index is 0.234. The van der Waals surface area contributed by atoms with E-state index in [1.807, 2.05) is 71.5 Å². The molecule has 0 bridgehead atoms. The minimum Gasteiger partial charge on any atom is -0.480 e. The number of ether oxygens (including phenoxy) is 1. The molecule has 6 nitrogen and oxygen atoms in total. The third kappa shape index (κ3) is 2.54. The molecule has 2 unspecified atom stereocenters. The van der Waals surface area contributed by atoms with Crippen LogP contribution in [-0.4, -0.2) is 19.7 Å². The Labute approximate surface area is 177 Å². The first-order chi connectivity index (χ1) is 14.8. The van der Waals surface area contributed by atoms with E-state index in [1.54, 1.807) is 12.5 Å². The van der Waals surface area contributed by atoms with Crippen molar-refractivity contribution in [1.29, 1.82) is 0 Å². The lowest BCUT2D eigenvalue weighted by Gasteiger charge is -2.39. The van der Waals surface area contributed by atoms with Crippen LogP contribution in [0, 0.1) is 0 Å². The number of pyridine rings is 1. The number of benzene rings is 2. The summed E-state index contributed by atoms with van der Waals surface area (Å²) in [5, 5.41) is 8.64. The van der Waals surface area contributed by atoms with Gasteiger partial charge in [-0.25, -0.2) is 4.68 Å². The first-order valence-electron chi connectivity index (χ1n) is 9.62. The van der Waals surface area contributed by atoms with Crippen LogP contribution in [0.25, 0.3) is 5.70 Å². The maximum Gasteiger partial charge on any atom is 0.226 e. The van der Waals surface area contributed by atoms with Crippen molar-refractivity contribution in [3.63, 3.8) is 0 Å². The number of fused-ring (bicyclic) bond motifs is 3. The topological polar surface area (TPSA) is 64.9 Å². The number of para-hydroxylation sites is 1. The van der Waals surface area contributed by atoms with Crippen LogP contribution in [0.5, 0.6) is 5.75 Å². The van der Waals surface area contributed by atoms with Crippen LogP contribution in [0.1, 0.15) is 28.8 Å². The Balaban J connectivity index is 1.66. The van der Waals surface area contributed by atoms with E-state index in [2.05, 4.69) is 20.4 Å². The van der Waals surface area contributed by atoms with E-state index in [9.17, 15) is 0 Å². The van der Waals surface area contributed by atoms with Crippen molar-refractivity contribution < 1.29 is 4.74 Å². The second-order valence-corrected chi connectivity index (χ2v) is 7.60. The van der Waals surface area contributed by atoms with Gasteiger partial charge in [-0.15, -0.1) is 0 Å². The summed E-state index contributed by atoms with van der Waals surface area (Å²) in [6, 6.07) is 19.5. The summed E-state index contributed by atoms with van der Waals surface area (Å²) in [5.74, 6) is 1.48. The van der Waals surface area contributed by atoms with Crippen molar-refractivity contribution in [3.8, 4) is 5.75 Å². The third-order valence-electron chi connectivity index (χ3n) is 5.51. The van der Waals surface area contributed by atoms with E-state index < -0.39 is 6.10 Å². The first kappa shape index (κ1) is 17.2. The van der Waals surface area contributed by atoms with Crippen molar-refractivity contribution in [2.75, 3.05) is 5.32 Å². The summed E-state index contributed by atoms with van der Waals surface area (Å²) in [6.07, 6.45) is 4.79. The van der Waals surface area contributed by atoms with Gasteiger partial charge in [-0.1, -0.05) is 48.0 Å². The van der Waals surface area contributed by atoms with Gasteiger partial charge in [0.25, 0.3) is 0 Å². The van der Waals surface area contributed by atoms with Crippen LogP contribution in [0.4, 0.5) is 5.95 Å². The monoisotopic (exact) mass is 413 g/mol. The van der Waals surface area contributed by atoms with Crippen LogP contribution >= 0.6 is 11.6 Å². The Morgan fingerprint density at radius 2 is 1.87 bits per heavy atom. The van der Waals surface area contributed by atoms with Crippen LogP contribution in [0.15, 0.2) is 85.0 Å². The SMILES string of the molecule is Clc1ccccc1C1Oc2ccccc2C2=C1C(c1cccnc1)n1ncnc1N2. The Bertz CT molecular complexity index is 1280. The first-order valence-corrected chi connectivity index (χ1v) is 10.00. The molecule has 146 valence electrons. The van der Waals surface area contributed by atoms with Crippen LogP contribution in [0.2, 0.25) is 5.02 Å². The fourth-order valence-electron chi connectivity index (χ4n) is 4.22. The average molecular weight is 414 g/mol. The normalized spacial score (nSPS) is 19.2. The van der Waals surface area contributed by atoms with Crippen LogP contribution in [0.3, 0.4) is 0 Å². The van der Waals surface area contributed by atoms with E-state index in [-0.39, 0.29) is 6.04 Å². The van der Waals surface area contributed by atoms with Gasteiger partial charge in [0.1, 0.15) is 18.1 Å². The molecule has 0 fully saturated rings. The standard InChI is InChI=1S/C23H16ClN5O/c24-17-9-3-1-7-15(17)22-19-20(16-8-2-4-10-18(16)30-22)28-23-26-13-27-29(23)21(19)14-6-5-11-25-12-14/h1-13,21-22H,(H,26,27,28). The van der Waals surface area contributed by atoms with E-state index in [1.165, 1.54) is 0 Å². The van der Waals surface area contributed by atoms with Gasteiger partial charge < -0.3 is 10.1 Å². The van der Waals surface area contributed by atoms with E-state index in [0.717, 1.165) is 33.7 Å². The Kier molecular flexibility index (Phi) is 3.86. The van der Waals surface area contributed by atoms with Crippen LogP contribution < -0.4 is 10.1 Å². The number of hydrogen-bond acceptors (Lipinski definition) is 5. The van der Waals surface area contributed by atoms with E-state index in [4.69, 9.17) is 16.3 Å². The number of nitrogens with one attached hydrogen (secondary N) is 1. The summed E-state index contributed by atoms with van der Waals surface area (Å²) in [5.41, 5.74) is 4.88. The van der Waals surface area contributed by atoms with E-state index in [0.29, 0.717) is 11.0 Å². The highest BCUT2D eigenvalue weighted by Crippen LogP contribution is 2.51. The Morgan fingerprint density at radius 1 is 1.00 bits per heavy atom. The highest BCUT2D eigenvalue weighted by atomic mass is 35.5. The molecule has 2 aliphatic heterocycles. The highest BCUT2D eigenvalue weighted by molar-refractivity contribution is 6.31. The molecule has 0 saturated heterocycles. The zero-order chi connectivity index (χ0) is 20.1. The highest BCUT2D eigenvalue weighted by Gasteiger charge is 2.41. The second kappa shape index (κ2) is 6.71. The number of anilines is 1. The number of rotatable bonds is 2. The van der Waals surface area contributed by atoms with E-state index >= 15 is 0 Å². The largest absolute Gasteiger partial charge is 0.480 e. The molecule has 0 aliphatic carbocycles. The molecule has 2 aromatic heterocycles. The summed E-state index contributed by atoms with van der Waals surface area (Å²) < 4.78 is 8.42. The average Bonchev–Trinajstić information content (AvgIpc) is 3.26.